The monoisotopic (exact) mass is 243 g/mol. The van der Waals surface area contributed by atoms with Crippen molar-refractivity contribution < 1.29 is 14.3 Å². The van der Waals surface area contributed by atoms with Crippen molar-refractivity contribution >= 4 is 17.6 Å². The first-order chi connectivity index (χ1) is 7.47. The molecule has 16 heavy (non-hydrogen) atoms. The highest BCUT2D eigenvalue weighted by molar-refractivity contribution is 6.30. The number of hydrogen-bond donors (Lipinski definition) is 2. The molecule has 86 valence electrons. The second kappa shape index (κ2) is 3.71. The minimum atomic E-state index is -1.20. The zero-order valence-electron chi connectivity index (χ0n) is 8.41. The summed E-state index contributed by atoms with van der Waals surface area (Å²) in [5, 5.41) is 9.15. The van der Waals surface area contributed by atoms with E-state index in [0.717, 1.165) is 0 Å². The van der Waals surface area contributed by atoms with Gasteiger partial charge in [0.15, 0.2) is 0 Å². The van der Waals surface area contributed by atoms with Gasteiger partial charge in [-0.25, -0.2) is 4.39 Å². The summed E-state index contributed by atoms with van der Waals surface area (Å²) in [7, 11) is 0. The first kappa shape index (κ1) is 11.4. The average molecular weight is 244 g/mol. The fourth-order valence-corrected chi connectivity index (χ4v) is 2.39. The number of benzene rings is 1. The maximum absolute atomic E-state index is 13.8. The summed E-state index contributed by atoms with van der Waals surface area (Å²) < 4.78 is 13.8. The fraction of sp³-hybridized carbons (Fsp3) is 0.364. The van der Waals surface area contributed by atoms with E-state index in [9.17, 15) is 14.3 Å². The van der Waals surface area contributed by atoms with E-state index < -0.39 is 17.2 Å². The van der Waals surface area contributed by atoms with E-state index >= 15 is 0 Å². The van der Waals surface area contributed by atoms with Gasteiger partial charge in [-0.1, -0.05) is 23.7 Å². The van der Waals surface area contributed by atoms with Crippen molar-refractivity contribution in [2.24, 2.45) is 5.73 Å². The third-order valence-electron chi connectivity index (χ3n) is 3.10. The van der Waals surface area contributed by atoms with E-state index in [1.165, 1.54) is 12.1 Å². The lowest BCUT2D eigenvalue weighted by Gasteiger charge is -2.43. The van der Waals surface area contributed by atoms with E-state index in [0.29, 0.717) is 0 Å². The van der Waals surface area contributed by atoms with Crippen LogP contribution in [-0.4, -0.2) is 17.1 Å². The van der Waals surface area contributed by atoms with Gasteiger partial charge in [-0.05, 0) is 18.9 Å². The lowest BCUT2D eigenvalue weighted by Crippen LogP contribution is -2.54. The van der Waals surface area contributed by atoms with Crippen LogP contribution in [0.3, 0.4) is 0 Å². The third kappa shape index (κ3) is 1.49. The number of carboxylic acid groups (broad SMARTS) is 1. The molecule has 2 rings (SSSR count). The Labute approximate surface area is 97.0 Å². The molecule has 1 fully saturated rings. The summed E-state index contributed by atoms with van der Waals surface area (Å²) in [6.45, 7) is 0. The van der Waals surface area contributed by atoms with Crippen LogP contribution in [-0.2, 0) is 10.2 Å². The van der Waals surface area contributed by atoms with Gasteiger partial charge in [-0.2, -0.15) is 0 Å². The molecule has 0 heterocycles. The first-order valence-corrected chi connectivity index (χ1v) is 5.28. The highest BCUT2D eigenvalue weighted by Crippen LogP contribution is 2.45. The summed E-state index contributed by atoms with van der Waals surface area (Å²) in [4.78, 5) is 11.2. The number of halogens is 2. The van der Waals surface area contributed by atoms with Gasteiger partial charge in [0.05, 0.1) is 10.4 Å². The van der Waals surface area contributed by atoms with Gasteiger partial charge < -0.3 is 10.8 Å². The molecule has 0 aromatic heterocycles. The fourth-order valence-electron chi connectivity index (χ4n) is 2.22. The summed E-state index contributed by atoms with van der Waals surface area (Å²) in [6.07, 6.45) is 0.499. The highest BCUT2D eigenvalue weighted by Gasteiger charge is 2.52. The van der Waals surface area contributed by atoms with E-state index in [1.54, 1.807) is 6.07 Å². The van der Waals surface area contributed by atoms with Crippen LogP contribution < -0.4 is 5.73 Å². The van der Waals surface area contributed by atoms with Crippen LogP contribution in [0.5, 0.6) is 0 Å². The highest BCUT2D eigenvalue weighted by atomic mass is 35.5. The van der Waals surface area contributed by atoms with Crippen LogP contribution in [0.15, 0.2) is 18.2 Å². The SMILES string of the molecule is NC1CC(C(=O)O)(c2cccc(Cl)c2F)C1. The predicted molar refractivity (Wildman–Crippen MR) is 57.9 cm³/mol. The minimum Gasteiger partial charge on any atom is -0.481 e. The molecule has 5 heteroatoms. The maximum Gasteiger partial charge on any atom is 0.314 e. The maximum atomic E-state index is 13.8. The Kier molecular flexibility index (Phi) is 2.64. The Morgan fingerprint density at radius 1 is 1.56 bits per heavy atom. The number of hydrogen-bond acceptors (Lipinski definition) is 2. The van der Waals surface area contributed by atoms with Crippen molar-refractivity contribution in [1.82, 2.24) is 0 Å². The number of rotatable bonds is 2. The zero-order valence-corrected chi connectivity index (χ0v) is 9.17. The smallest absolute Gasteiger partial charge is 0.314 e. The Bertz CT molecular complexity index is 444. The second-order valence-corrected chi connectivity index (χ2v) is 4.56. The topological polar surface area (TPSA) is 63.3 Å². The average Bonchev–Trinajstić information content (AvgIpc) is 2.17. The van der Waals surface area contributed by atoms with Crippen molar-refractivity contribution in [3.8, 4) is 0 Å². The molecule has 0 radical (unpaired) electrons. The molecule has 1 aromatic rings. The minimum absolute atomic E-state index is 0.0569. The second-order valence-electron chi connectivity index (χ2n) is 4.16. The van der Waals surface area contributed by atoms with Crippen molar-refractivity contribution in [3.05, 3.63) is 34.6 Å². The van der Waals surface area contributed by atoms with Gasteiger partial charge in [0.25, 0.3) is 0 Å². The van der Waals surface area contributed by atoms with Gasteiger partial charge in [0.2, 0.25) is 0 Å². The summed E-state index contributed by atoms with van der Waals surface area (Å²) in [5.41, 5.74) is 4.53. The molecule has 3 nitrogen and oxygen atoms in total. The Balaban J connectivity index is 2.49. The lowest BCUT2D eigenvalue weighted by molar-refractivity contribution is -0.148. The molecular weight excluding hydrogens is 233 g/mol. The van der Waals surface area contributed by atoms with Crippen LogP contribution in [0.2, 0.25) is 5.02 Å². The molecule has 0 spiro atoms. The van der Waals surface area contributed by atoms with E-state index in [2.05, 4.69) is 0 Å². The number of carbonyl (C=O) groups is 1. The molecule has 0 aliphatic heterocycles. The number of carboxylic acids is 1. The molecule has 0 saturated heterocycles. The molecule has 0 atom stereocenters. The van der Waals surface area contributed by atoms with Crippen molar-refractivity contribution in [1.29, 1.82) is 0 Å². The molecule has 0 bridgehead atoms. The van der Waals surface area contributed by atoms with Gasteiger partial charge in [0.1, 0.15) is 5.82 Å². The molecule has 0 unspecified atom stereocenters. The number of aliphatic carboxylic acids is 1. The molecular formula is C11H11ClFNO2. The predicted octanol–water partition coefficient (Wildman–Crippen LogP) is 1.92. The van der Waals surface area contributed by atoms with Crippen LogP contribution in [0.25, 0.3) is 0 Å². The normalized spacial score (nSPS) is 28.6. The molecule has 1 aromatic carbocycles. The third-order valence-corrected chi connectivity index (χ3v) is 3.39. The van der Waals surface area contributed by atoms with Crippen molar-refractivity contribution in [2.75, 3.05) is 0 Å². The summed E-state index contributed by atoms with van der Waals surface area (Å²) in [5.74, 6) is -1.70. The summed E-state index contributed by atoms with van der Waals surface area (Å²) >= 11 is 5.64. The lowest BCUT2D eigenvalue weighted by atomic mass is 9.61. The standard InChI is InChI=1S/C11H11ClFNO2/c12-8-3-1-2-7(9(8)13)11(10(15)16)4-6(14)5-11/h1-3,6H,4-5,14H2,(H,15,16). The van der Waals surface area contributed by atoms with Gasteiger partial charge in [-0.15, -0.1) is 0 Å². The van der Waals surface area contributed by atoms with Gasteiger partial charge >= 0.3 is 5.97 Å². The number of nitrogens with two attached hydrogens (primary N) is 1. The van der Waals surface area contributed by atoms with E-state index in [1.807, 2.05) is 0 Å². The Morgan fingerprint density at radius 2 is 2.19 bits per heavy atom. The van der Waals surface area contributed by atoms with Gasteiger partial charge in [-0.3, -0.25) is 4.79 Å². The van der Waals surface area contributed by atoms with Crippen molar-refractivity contribution in [3.63, 3.8) is 0 Å². The Hall–Kier alpha value is -1.13. The quantitative estimate of drug-likeness (QED) is 0.834. The van der Waals surface area contributed by atoms with Crippen LogP contribution >= 0.6 is 11.6 Å². The molecule has 1 saturated carbocycles. The Morgan fingerprint density at radius 3 is 2.69 bits per heavy atom. The molecule has 1 aliphatic rings. The zero-order chi connectivity index (χ0) is 11.9. The van der Waals surface area contributed by atoms with E-state index in [-0.39, 0.29) is 29.5 Å². The largest absolute Gasteiger partial charge is 0.481 e. The van der Waals surface area contributed by atoms with Crippen molar-refractivity contribution in [2.45, 2.75) is 24.3 Å². The van der Waals surface area contributed by atoms with Crippen LogP contribution in [0.4, 0.5) is 4.39 Å². The first-order valence-electron chi connectivity index (χ1n) is 4.91. The van der Waals surface area contributed by atoms with Crippen LogP contribution in [0.1, 0.15) is 18.4 Å². The van der Waals surface area contributed by atoms with Gasteiger partial charge in [0, 0.05) is 11.6 Å². The molecule has 0 amide bonds. The molecule has 3 N–H and O–H groups in total. The molecule has 1 aliphatic carbocycles. The van der Waals surface area contributed by atoms with E-state index in [4.69, 9.17) is 17.3 Å². The summed E-state index contributed by atoms with van der Waals surface area (Å²) in [6, 6.07) is 4.22. The van der Waals surface area contributed by atoms with Crippen LogP contribution in [0, 0.1) is 5.82 Å².